The van der Waals surface area contributed by atoms with Crippen molar-refractivity contribution in [1.29, 1.82) is 0 Å². The number of carboxylic acids is 1. The van der Waals surface area contributed by atoms with E-state index < -0.39 is 16.0 Å². The smallest absolute Gasteiger partial charge is 0.322 e. The number of piperidine rings is 1. The van der Waals surface area contributed by atoms with Crippen molar-refractivity contribution >= 4 is 53.5 Å². The van der Waals surface area contributed by atoms with Crippen LogP contribution in [0.4, 0.5) is 5.69 Å². The first-order chi connectivity index (χ1) is 17.1. The van der Waals surface area contributed by atoms with E-state index in [-0.39, 0.29) is 22.9 Å². The molecule has 36 heavy (non-hydrogen) atoms. The second-order valence-electron chi connectivity index (χ2n) is 8.29. The summed E-state index contributed by atoms with van der Waals surface area (Å²) in [5, 5.41) is 22.1. The molecule has 0 aliphatic carbocycles. The van der Waals surface area contributed by atoms with Crippen molar-refractivity contribution in [2.24, 2.45) is 0 Å². The summed E-state index contributed by atoms with van der Waals surface area (Å²) < 4.78 is 34.9. The molecule has 3 aromatic carbocycles. The number of rotatable bonds is 8. The van der Waals surface area contributed by atoms with Gasteiger partial charge in [-0.3, -0.25) is 4.79 Å². The maximum atomic E-state index is 13.1. The number of anilines is 1. The van der Waals surface area contributed by atoms with E-state index in [9.17, 15) is 18.3 Å². The minimum Gasteiger partial charge on any atom is -0.507 e. The van der Waals surface area contributed by atoms with Crippen LogP contribution in [0.3, 0.4) is 0 Å². The molecule has 0 atom stereocenters. The maximum absolute atomic E-state index is 13.1. The lowest BCUT2D eigenvalue weighted by Crippen LogP contribution is -2.35. The molecule has 1 aliphatic heterocycles. The first-order valence-corrected chi connectivity index (χ1v) is 14.2. The normalized spacial score (nSPS) is 14.4. The molecule has 1 aliphatic rings. The standard InChI is InChI=1S/C25H24Br2N2O6S/c26-20-12-17(16-5-4-6-18(11-16)28-15-24(31)32)13-21(27)25(20)35-19-7-8-22(30)23(14-19)36(33,34)29-9-2-1-3-10-29/h4-8,11-14,28,30H,1-3,9-10,15H2,(H,31,32). The number of phenols is 1. The van der Waals surface area contributed by atoms with Crippen LogP contribution in [-0.2, 0) is 14.8 Å². The van der Waals surface area contributed by atoms with Gasteiger partial charge in [-0.25, -0.2) is 8.42 Å². The molecule has 1 saturated heterocycles. The second-order valence-corrected chi connectivity index (χ2v) is 11.9. The van der Waals surface area contributed by atoms with Gasteiger partial charge in [0.15, 0.2) is 5.75 Å². The number of nitrogens with one attached hydrogen (secondary N) is 1. The van der Waals surface area contributed by atoms with Gasteiger partial charge in [-0.05, 0) is 92.2 Å². The quantitative estimate of drug-likeness (QED) is 0.275. The lowest BCUT2D eigenvalue weighted by molar-refractivity contribution is -0.134. The average Bonchev–Trinajstić information content (AvgIpc) is 2.86. The third-order valence-corrected chi connectivity index (χ3v) is 8.83. The van der Waals surface area contributed by atoms with Gasteiger partial charge >= 0.3 is 5.97 Å². The zero-order chi connectivity index (χ0) is 25.9. The summed E-state index contributed by atoms with van der Waals surface area (Å²) in [6.45, 7) is 0.669. The highest BCUT2D eigenvalue weighted by atomic mass is 79.9. The van der Waals surface area contributed by atoms with Crippen molar-refractivity contribution in [2.45, 2.75) is 24.2 Å². The van der Waals surface area contributed by atoms with Crippen LogP contribution in [0.1, 0.15) is 19.3 Å². The summed E-state index contributed by atoms with van der Waals surface area (Å²) in [6, 6.07) is 15.2. The van der Waals surface area contributed by atoms with Crippen molar-refractivity contribution in [3.63, 3.8) is 0 Å². The largest absolute Gasteiger partial charge is 0.507 e. The van der Waals surface area contributed by atoms with Gasteiger partial charge in [0.25, 0.3) is 0 Å². The van der Waals surface area contributed by atoms with Crippen LogP contribution >= 0.6 is 31.9 Å². The molecule has 0 saturated carbocycles. The number of hydrogen-bond acceptors (Lipinski definition) is 6. The Morgan fingerprint density at radius 1 is 0.972 bits per heavy atom. The Morgan fingerprint density at radius 2 is 1.67 bits per heavy atom. The summed E-state index contributed by atoms with van der Waals surface area (Å²) in [6.07, 6.45) is 2.57. The topological polar surface area (TPSA) is 116 Å². The highest BCUT2D eigenvalue weighted by molar-refractivity contribution is 9.11. The number of aliphatic carboxylic acids is 1. The predicted octanol–water partition coefficient (Wildman–Crippen LogP) is 6.05. The van der Waals surface area contributed by atoms with E-state index in [2.05, 4.69) is 37.2 Å². The third kappa shape index (κ3) is 6.03. The first-order valence-electron chi connectivity index (χ1n) is 11.2. The molecule has 0 bridgehead atoms. The van der Waals surface area contributed by atoms with Crippen molar-refractivity contribution in [1.82, 2.24) is 4.31 Å². The molecule has 190 valence electrons. The van der Waals surface area contributed by atoms with E-state index in [1.807, 2.05) is 30.3 Å². The first kappa shape index (κ1) is 26.5. The lowest BCUT2D eigenvalue weighted by atomic mass is 10.0. The second kappa shape index (κ2) is 11.2. The molecule has 8 nitrogen and oxygen atoms in total. The number of benzene rings is 3. The van der Waals surface area contributed by atoms with E-state index in [0.29, 0.717) is 33.5 Å². The van der Waals surface area contributed by atoms with Crippen LogP contribution in [0, 0.1) is 0 Å². The fourth-order valence-electron chi connectivity index (χ4n) is 3.94. The fraction of sp³-hybridized carbons (Fsp3) is 0.240. The highest BCUT2D eigenvalue weighted by Gasteiger charge is 2.29. The molecule has 4 rings (SSSR count). The van der Waals surface area contributed by atoms with E-state index >= 15 is 0 Å². The maximum Gasteiger partial charge on any atom is 0.322 e. The summed E-state index contributed by atoms with van der Waals surface area (Å²) in [7, 11) is -3.85. The van der Waals surface area contributed by atoms with Gasteiger partial charge < -0.3 is 20.3 Å². The Morgan fingerprint density at radius 3 is 2.33 bits per heavy atom. The van der Waals surface area contributed by atoms with Gasteiger partial charge in [0.2, 0.25) is 10.0 Å². The van der Waals surface area contributed by atoms with Crippen molar-refractivity contribution in [3.05, 3.63) is 63.5 Å². The molecule has 3 N–H and O–H groups in total. The van der Waals surface area contributed by atoms with Crippen LogP contribution in [0.25, 0.3) is 11.1 Å². The number of ether oxygens (including phenoxy) is 1. The van der Waals surface area contributed by atoms with Crippen molar-refractivity contribution in [2.75, 3.05) is 25.0 Å². The molecular weight excluding hydrogens is 616 g/mol. The number of sulfonamides is 1. The minimum absolute atomic E-state index is 0.184. The molecule has 0 radical (unpaired) electrons. The van der Waals surface area contributed by atoms with Gasteiger partial charge in [-0.15, -0.1) is 0 Å². The van der Waals surface area contributed by atoms with Crippen molar-refractivity contribution in [3.8, 4) is 28.4 Å². The number of hydrogen-bond donors (Lipinski definition) is 3. The molecule has 0 amide bonds. The average molecular weight is 640 g/mol. The Kier molecular flexibility index (Phi) is 8.23. The summed E-state index contributed by atoms with van der Waals surface area (Å²) in [4.78, 5) is 10.7. The number of nitrogens with zero attached hydrogens (tertiary/aromatic N) is 1. The number of halogens is 2. The van der Waals surface area contributed by atoms with E-state index in [4.69, 9.17) is 9.84 Å². The Balaban J connectivity index is 1.60. The SMILES string of the molecule is O=C(O)CNc1cccc(-c2cc(Br)c(Oc3ccc(O)c(S(=O)(=O)N4CCCCC4)c3)c(Br)c2)c1. The lowest BCUT2D eigenvalue weighted by Gasteiger charge is -2.26. The van der Waals surface area contributed by atoms with Crippen LogP contribution in [0.15, 0.2) is 68.4 Å². The van der Waals surface area contributed by atoms with Crippen molar-refractivity contribution < 1.29 is 28.2 Å². The molecule has 0 spiro atoms. The summed E-state index contributed by atoms with van der Waals surface area (Å²) in [5.74, 6) is -0.574. The molecule has 0 unspecified atom stereocenters. The molecule has 1 heterocycles. The number of phenolic OH excluding ortho intramolecular Hbond substituents is 1. The molecule has 3 aromatic rings. The Labute approximate surface area is 226 Å². The zero-order valence-corrected chi connectivity index (χ0v) is 23.1. The van der Waals surface area contributed by atoms with E-state index in [1.54, 1.807) is 6.07 Å². The van der Waals surface area contributed by atoms with Crippen LogP contribution in [-0.4, -0.2) is 48.5 Å². The van der Waals surface area contributed by atoms with Crippen LogP contribution in [0.5, 0.6) is 17.2 Å². The van der Waals surface area contributed by atoms with E-state index in [0.717, 1.165) is 30.4 Å². The van der Waals surface area contributed by atoms with E-state index in [1.165, 1.54) is 22.5 Å². The predicted molar refractivity (Wildman–Crippen MR) is 144 cm³/mol. The Hall–Kier alpha value is -2.60. The third-order valence-electron chi connectivity index (χ3n) is 5.72. The Bertz CT molecular complexity index is 1370. The molecule has 0 aromatic heterocycles. The number of carbonyl (C=O) groups is 1. The number of carboxylic acid groups (broad SMARTS) is 1. The van der Waals surface area contributed by atoms with Crippen LogP contribution in [0.2, 0.25) is 0 Å². The molecule has 1 fully saturated rings. The fourth-order valence-corrected chi connectivity index (χ4v) is 6.90. The van der Waals surface area contributed by atoms with Gasteiger partial charge in [0, 0.05) is 24.8 Å². The molecule has 11 heteroatoms. The zero-order valence-electron chi connectivity index (χ0n) is 19.1. The molecular formula is C25H24Br2N2O6S. The summed E-state index contributed by atoms with van der Waals surface area (Å²) in [5.41, 5.74) is 2.38. The monoisotopic (exact) mass is 638 g/mol. The number of aromatic hydroxyl groups is 1. The van der Waals surface area contributed by atoms with Gasteiger partial charge in [-0.1, -0.05) is 18.6 Å². The van der Waals surface area contributed by atoms with Gasteiger partial charge in [-0.2, -0.15) is 4.31 Å². The highest BCUT2D eigenvalue weighted by Crippen LogP contribution is 2.42. The minimum atomic E-state index is -3.85. The van der Waals surface area contributed by atoms with Gasteiger partial charge in [0.1, 0.15) is 22.9 Å². The van der Waals surface area contributed by atoms with Crippen LogP contribution < -0.4 is 10.1 Å². The summed E-state index contributed by atoms with van der Waals surface area (Å²) >= 11 is 7.06. The van der Waals surface area contributed by atoms with Gasteiger partial charge in [0.05, 0.1) is 8.95 Å².